The van der Waals surface area contributed by atoms with Crippen LogP contribution in [0.4, 0.5) is 16.2 Å². The average molecular weight is 578 g/mol. The lowest BCUT2D eigenvalue weighted by atomic mass is 10.1. The number of carbonyl (C=O) groups is 4. The van der Waals surface area contributed by atoms with Crippen LogP contribution in [0.25, 0.3) is 6.08 Å². The molecule has 2 N–H and O–H groups in total. The lowest BCUT2D eigenvalue weighted by molar-refractivity contribution is -0.122. The van der Waals surface area contributed by atoms with Gasteiger partial charge in [-0.05, 0) is 86.0 Å². The maximum atomic E-state index is 13.3. The van der Waals surface area contributed by atoms with E-state index in [-0.39, 0.29) is 34.4 Å². The van der Waals surface area contributed by atoms with Crippen molar-refractivity contribution >= 4 is 52.8 Å². The van der Waals surface area contributed by atoms with E-state index in [2.05, 4.69) is 10.6 Å². The largest absolute Gasteiger partial charge is 0.494 e. The van der Waals surface area contributed by atoms with Crippen LogP contribution < -0.4 is 29.7 Å². The van der Waals surface area contributed by atoms with E-state index in [9.17, 15) is 19.2 Å². The number of carbonyl (C=O) groups excluding carboxylic acids is 4. The van der Waals surface area contributed by atoms with Gasteiger partial charge >= 0.3 is 6.03 Å². The Hall–Kier alpha value is -4.83. The van der Waals surface area contributed by atoms with Gasteiger partial charge in [0.1, 0.15) is 11.3 Å². The molecule has 3 aromatic rings. The van der Waals surface area contributed by atoms with Gasteiger partial charge in [0.15, 0.2) is 18.1 Å². The summed E-state index contributed by atoms with van der Waals surface area (Å²) >= 11 is 6.45. The first-order chi connectivity index (χ1) is 19.6. The van der Waals surface area contributed by atoms with Crippen molar-refractivity contribution < 1.29 is 33.4 Å². The van der Waals surface area contributed by atoms with Crippen molar-refractivity contribution in [2.75, 3.05) is 30.5 Å². The number of nitrogens with zero attached hydrogens (tertiary/aromatic N) is 1. The van der Waals surface area contributed by atoms with Gasteiger partial charge in [-0.1, -0.05) is 23.7 Å². The number of methoxy groups -OCH3 is 1. The predicted octanol–water partition coefficient (Wildman–Crippen LogP) is 5.05. The van der Waals surface area contributed by atoms with Gasteiger partial charge in [0.25, 0.3) is 17.7 Å². The van der Waals surface area contributed by atoms with Gasteiger partial charge in [-0.15, -0.1) is 0 Å². The monoisotopic (exact) mass is 577 g/mol. The zero-order valence-electron chi connectivity index (χ0n) is 22.9. The Morgan fingerprint density at radius 2 is 1.76 bits per heavy atom. The molecule has 0 atom stereocenters. The lowest BCUT2D eigenvalue weighted by Gasteiger charge is -2.26. The molecular weight excluding hydrogens is 550 g/mol. The normalized spacial score (nSPS) is 14.1. The van der Waals surface area contributed by atoms with Crippen LogP contribution in [0.1, 0.15) is 23.6 Å². The number of hydrogen-bond acceptors (Lipinski definition) is 7. The van der Waals surface area contributed by atoms with Crippen LogP contribution in [0.5, 0.6) is 17.2 Å². The second-order valence-corrected chi connectivity index (χ2v) is 9.48. The van der Waals surface area contributed by atoms with Crippen LogP contribution in [0.3, 0.4) is 0 Å². The summed E-state index contributed by atoms with van der Waals surface area (Å²) in [7, 11) is 1.39. The summed E-state index contributed by atoms with van der Waals surface area (Å²) in [4.78, 5) is 51.8. The zero-order chi connectivity index (χ0) is 29.7. The van der Waals surface area contributed by atoms with Crippen LogP contribution in [0, 0.1) is 13.8 Å². The molecule has 0 unspecified atom stereocenters. The highest BCUT2D eigenvalue weighted by molar-refractivity contribution is 6.39. The maximum absolute atomic E-state index is 13.3. The fourth-order valence-electron chi connectivity index (χ4n) is 4.07. The van der Waals surface area contributed by atoms with E-state index in [0.717, 1.165) is 16.0 Å². The van der Waals surface area contributed by atoms with Gasteiger partial charge in [-0.3, -0.25) is 19.7 Å². The molecule has 0 spiro atoms. The molecule has 10 nitrogen and oxygen atoms in total. The summed E-state index contributed by atoms with van der Waals surface area (Å²) in [6.07, 6.45) is 1.29. The summed E-state index contributed by atoms with van der Waals surface area (Å²) in [5.41, 5.74) is 2.87. The Morgan fingerprint density at radius 3 is 2.44 bits per heavy atom. The molecule has 1 aliphatic rings. The van der Waals surface area contributed by atoms with E-state index < -0.39 is 23.8 Å². The van der Waals surface area contributed by atoms with Crippen LogP contribution in [0.2, 0.25) is 5.02 Å². The molecule has 1 fully saturated rings. The molecule has 0 bridgehead atoms. The molecule has 0 aromatic heterocycles. The van der Waals surface area contributed by atoms with Gasteiger partial charge in [-0.2, -0.15) is 0 Å². The number of aryl methyl sites for hydroxylation is 2. The van der Waals surface area contributed by atoms with Crippen molar-refractivity contribution in [3.8, 4) is 17.2 Å². The second-order valence-electron chi connectivity index (χ2n) is 9.07. The van der Waals surface area contributed by atoms with Crippen molar-refractivity contribution in [1.29, 1.82) is 0 Å². The topological polar surface area (TPSA) is 123 Å². The summed E-state index contributed by atoms with van der Waals surface area (Å²) < 4.78 is 16.5. The van der Waals surface area contributed by atoms with Gasteiger partial charge in [0.05, 0.1) is 24.4 Å². The minimum absolute atomic E-state index is 0.0823. The van der Waals surface area contributed by atoms with E-state index in [1.165, 1.54) is 25.3 Å². The highest BCUT2D eigenvalue weighted by Crippen LogP contribution is 2.37. The number of barbiturate groups is 1. The lowest BCUT2D eigenvalue weighted by Crippen LogP contribution is -2.54. The highest BCUT2D eigenvalue weighted by Gasteiger charge is 2.37. The third-order valence-electron chi connectivity index (χ3n) is 6.09. The number of urea groups is 1. The molecule has 5 amide bonds. The van der Waals surface area contributed by atoms with E-state index in [1.54, 1.807) is 24.3 Å². The Balaban J connectivity index is 1.54. The standard InChI is InChI=1S/C30H28ClN3O7/c1-5-40-21-10-8-20(9-11-21)34-29(37)22(28(36)33-30(34)38)13-19-14-23(31)27(25(15-19)39-4)41-16-26(35)32-24-12-17(2)6-7-18(24)3/h6-15H,5,16H2,1-4H3,(H,32,35)(H,33,36,38)/b22-13+. The van der Waals surface area contributed by atoms with Gasteiger partial charge < -0.3 is 19.5 Å². The third-order valence-corrected chi connectivity index (χ3v) is 6.37. The smallest absolute Gasteiger partial charge is 0.335 e. The summed E-state index contributed by atoms with van der Waals surface area (Å²) in [6, 6.07) is 14.1. The summed E-state index contributed by atoms with van der Waals surface area (Å²) in [5.74, 6) is -1.22. The van der Waals surface area contributed by atoms with Crippen molar-refractivity contribution in [2.24, 2.45) is 0 Å². The van der Waals surface area contributed by atoms with Crippen LogP contribution in [-0.4, -0.2) is 44.1 Å². The number of ether oxygens (including phenoxy) is 3. The van der Waals surface area contributed by atoms with Gasteiger partial charge in [0.2, 0.25) is 0 Å². The van der Waals surface area contributed by atoms with E-state index in [1.807, 2.05) is 39.0 Å². The first-order valence-electron chi connectivity index (χ1n) is 12.6. The Labute approximate surface area is 241 Å². The molecule has 1 heterocycles. The quantitative estimate of drug-likeness (QED) is 0.269. The van der Waals surface area contributed by atoms with E-state index >= 15 is 0 Å². The first-order valence-corrected chi connectivity index (χ1v) is 13.0. The molecule has 11 heteroatoms. The third kappa shape index (κ3) is 6.67. The molecule has 4 rings (SSSR count). The maximum Gasteiger partial charge on any atom is 0.335 e. The minimum Gasteiger partial charge on any atom is -0.494 e. The summed E-state index contributed by atoms with van der Waals surface area (Å²) in [5, 5.41) is 5.07. The summed E-state index contributed by atoms with van der Waals surface area (Å²) in [6.45, 7) is 5.76. The number of imide groups is 2. The van der Waals surface area contributed by atoms with Crippen LogP contribution in [-0.2, 0) is 14.4 Å². The van der Waals surface area contributed by atoms with Gasteiger partial charge in [-0.25, -0.2) is 9.69 Å². The Morgan fingerprint density at radius 1 is 1.02 bits per heavy atom. The first kappa shape index (κ1) is 29.2. The number of benzene rings is 3. The highest BCUT2D eigenvalue weighted by atomic mass is 35.5. The molecule has 0 aliphatic carbocycles. The van der Waals surface area contributed by atoms with Gasteiger partial charge in [0, 0.05) is 5.69 Å². The molecule has 0 saturated carbocycles. The molecule has 1 aliphatic heterocycles. The van der Waals surface area contributed by atoms with Crippen LogP contribution >= 0.6 is 11.6 Å². The SMILES string of the molecule is CCOc1ccc(N2C(=O)NC(=O)/C(=C\c3cc(Cl)c(OCC(=O)Nc4cc(C)ccc4C)c(OC)c3)C2=O)cc1. The number of anilines is 2. The molecule has 41 heavy (non-hydrogen) atoms. The van der Waals surface area contributed by atoms with E-state index in [4.69, 9.17) is 25.8 Å². The second kappa shape index (κ2) is 12.6. The molecule has 3 aromatic carbocycles. The fourth-order valence-corrected chi connectivity index (χ4v) is 4.35. The molecule has 0 radical (unpaired) electrons. The number of halogens is 1. The number of nitrogens with one attached hydrogen (secondary N) is 2. The molecule has 1 saturated heterocycles. The zero-order valence-corrected chi connectivity index (χ0v) is 23.6. The molecular formula is C30H28ClN3O7. The Bertz CT molecular complexity index is 1550. The number of hydrogen-bond donors (Lipinski definition) is 2. The van der Waals surface area contributed by atoms with Crippen molar-refractivity contribution in [3.05, 3.63) is 81.9 Å². The minimum atomic E-state index is -0.875. The molecule has 212 valence electrons. The van der Waals surface area contributed by atoms with E-state index in [0.29, 0.717) is 23.6 Å². The van der Waals surface area contributed by atoms with Crippen molar-refractivity contribution in [1.82, 2.24) is 5.32 Å². The fraction of sp³-hybridized carbons (Fsp3) is 0.200. The predicted molar refractivity (Wildman–Crippen MR) is 155 cm³/mol. The Kier molecular flexibility index (Phi) is 8.94. The average Bonchev–Trinajstić information content (AvgIpc) is 2.93. The van der Waals surface area contributed by atoms with Crippen molar-refractivity contribution in [2.45, 2.75) is 20.8 Å². The van der Waals surface area contributed by atoms with Crippen LogP contribution in [0.15, 0.2) is 60.2 Å². The number of rotatable bonds is 9. The van der Waals surface area contributed by atoms with Crippen molar-refractivity contribution in [3.63, 3.8) is 0 Å². The number of amides is 5.